The topological polar surface area (TPSA) is 49.3 Å². The maximum absolute atomic E-state index is 12.1. The summed E-state index contributed by atoms with van der Waals surface area (Å²) in [5.41, 5.74) is 2.79. The number of carbonyl (C=O) groups is 1. The van der Waals surface area contributed by atoms with E-state index in [1.165, 1.54) is 0 Å². The first-order chi connectivity index (χ1) is 8.95. The van der Waals surface area contributed by atoms with Crippen LogP contribution in [0.25, 0.3) is 0 Å². The minimum Gasteiger partial charge on any atom is -0.508 e. The molecular weight excluding hydrogens is 262 g/mol. The molecule has 2 aromatic rings. The molecule has 1 amide bonds. The Morgan fingerprint density at radius 3 is 2.53 bits per heavy atom. The molecule has 2 N–H and O–H groups in total. The number of benzene rings is 2. The zero-order valence-electron chi connectivity index (χ0n) is 10.7. The van der Waals surface area contributed by atoms with Gasteiger partial charge in [0.25, 0.3) is 5.91 Å². The monoisotopic (exact) mass is 275 g/mol. The molecule has 0 aromatic heterocycles. The second-order valence-electron chi connectivity index (χ2n) is 4.47. The molecule has 0 atom stereocenters. The number of halogens is 1. The van der Waals surface area contributed by atoms with Crippen molar-refractivity contribution in [3.05, 3.63) is 58.1 Å². The van der Waals surface area contributed by atoms with Gasteiger partial charge < -0.3 is 10.4 Å². The fourth-order valence-electron chi connectivity index (χ4n) is 1.80. The SMILES string of the molecule is Cc1cc(Cl)cc(C(=O)Nc2ccc(O)c(C)c2)c1. The van der Waals surface area contributed by atoms with Crippen molar-refractivity contribution in [1.29, 1.82) is 0 Å². The minimum absolute atomic E-state index is 0.205. The largest absolute Gasteiger partial charge is 0.508 e. The summed E-state index contributed by atoms with van der Waals surface area (Å²) in [5.74, 6) is -0.0210. The van der Waals surface area contributed by atoms with Crippen molar-refractivity contribution in [2.75, 3.05) is 5.32 Å². The van der Waals surface area contributed by atoms with Gasteiger partial charge in [-0.25, -0.2) is 0 Å². The summed E-state index contributed by atoms with van der Waals surface area (Å²) in [7, 11) is 0. The van der Waals surface area contributed by atoms with Crippen LogP contribution in [-0.4, -0.2) is 11.0 Å². The highest BCUT2D eigenvalue weighted by molar-refractivity contribution is 6.31. The lowest BCUT2D eigenvalue weighted by Gasteiger charge is -2.08. The average molecular weight is 276 g/mol. The highest BCUT2D eigenvalue weighted by atomic mass is 35.5. The van der Waals surface area contributed by atoms with E-state index < -0.39 is 0 Å². The second-order valence-corrected chi connectivity index (χ2v) is 4.91. The van der Waals surface area contributed by atoms with Crippen LogP contribution in [0.5, 0.6) is 5.75 Å². The van der Waals surface area contributed by atoms with Gasteiger partial charge in [-0.2, -0.15) is 0 Å². The van der Waals surface area contributed by atoms with Crippen molar-refractivity contribution in [3.8, 4) is 5.75 Å². The van der Waals surface area contributed by atoms with E-state index in [2.05, 4.69) is 5.32 Å². The first kappa shape index (κ1) is 13.4. The number of phenols is 1. The van der Waals surface area contributed by atoms with Crippen LogP contribution in [0.3, 0.4) is 0 Å². The number of anilines is 1. The number of phenolic OH excluding ortho intramolecular Hbond substituents is 1. The van der Waals surface area contributed by atoms with Gasteiger partial charge in [0, 0.05) is 16.3 Å². The first-order valence-electron chi connectivity index (χ1n) is 5.84. The molecule has 0 heterocycles. The zero-order chi connectivity index (χ0) is 14.0. The van der Waals surface area contributed by atoms with Crippen molar-refractivity contribution in [3.63, 3.8) is 0 Å². The molecule has 3 nitrogen and oxygen atoms in total. The highest BCUT2D eigenvalue weighted by Gasteiger charge is 2.08. The van der Waals surface area contributed by atoms with Crippen LogP contribution in [0.15, 0.2) is 36.4 Å². The Labute approximate surface area is 116 Å². The van der Waals surface area contributed by atoms with Gasteiger partial charge >= 0.3 is 0 Å². The van der Waals surface area contributed by atoms with Gasteiger partial charge in [0.15, 0.2) is 0 Å². The molecule has 0 bridgehead atoms. The Balaban J connectivity index is 2.22. The van der Waals surface area contributed by atoms with E-state index in [0.29, 0.717) is 21.8 Å². The molecule has 2 aromatic carbocycles. The summed E-state index contributed by atoms with van der Waals surface area (Å²) in [4.78, 5) is 12.1. The fraction of sp³-hybridized carbons (Fsp3) is 0.133. The first-order valence-corrected chi connectivity index (χ1v) is 6.21. The number of hydrogen-bond donors (Lipinski definition) is 2. The summed E-state index contributed by atoms with van der Waals surface area (Å²) in [5, 5.41) is 12.7. The summed E-state index contributed by atoms with van der Waals surface area (Å²) < 4.78 is 0. The molecule has 0 unspecified atom stereocenters. The number of amides is 1. The second kappa shape index (κ2) is 5.33. The number of aryl methyl sites for hydroxylation is 2. The third kappa shape index (κ3) is 3.26. The van der Waals surface area contributed by atoms with E-state index in [-0.39, 0.29) is 11.7 Å². The van der Waals surface area contributed by atoms with E-state index in [4.69, 9.17) is 11.6 Å². The summed E-state index contributed by atoms with van der Waals surface area (Å²) in [6.07, 6.45) is 0. The van der Waals surface area contributed by atoms with E-state index in [9.17, 15) is 9.90 Å². The van der Waals surface area contributed by atoms with Gasteiger partial charge in [-0.05, 0) is 61.4 Å². The summed E-state index contributed by atoms with van der Waals surface area (Å²) >= 11 is 5.93. The van der Waals surface area contributed by atoms with Crippen LogP contribution in [0.4, 0.5) is 5.69 Å². The highest BCUT2D eigenvalue weighted by Crippen LogP contribution is 2.21. The van der Waals surface area contributed by atoms with Crippen molar-refractivity contribution in [2.45, 2.75) is 13.8 Å². The standard InChI is InChI=1S/C15H14ClNO2/c1-9-5-11(8-12(16)6-9)15(19)17-13-3-4-14(18)10(2)7-13/h3-8,18H,1-2H3,(H,17,19). The van der Waals surface area contributed by atoms with Crippen LogP contribution >= 0.6 is 11.6 Å². The normalized spacial score (nSPS) is 10.3. The molecule has 98 valence electrons. The molecule has 0 spiro atoms. The van der Waals surface area contributed by atoms with E-state index in [1.54, 1.807) is 43.3 Å². The van der Waals surface area contributed by atoms with Gasteiger partial charge in [0.05, 0.1) is 0 Å². The van der Waals surface area contributed by atoms with Crippen molar-refractivity contribution in [2.24, 2.45) is 0 Å². The Bertz CT molecular complexity index is 618. The zero-order valence-corrected chi connectivity index (χ0v) is 11.5. The molecule has 0 fully saturated rings. The molecule has 0 aliphatic heterocycles. The smallest absolute Gasteiger partial charge is 0.255 e. The molecule has 0 saturated heterocycles. The molecule has 4 heteroatoms. The maximum atomic E-state index is 12.1. The predicted octanol–water partition coefficient (Wildman–Crippen LogP) is 3.91. The number of rotatable bonds is 2. The quantitative estimate of drug-likeness (QED) is 0.816. The number of hydrogen-bond acceptors (Lipinski definition) is 2. The summed E-state index contributed by atoms with van der Waals surface area (Å²) in [6, 6.07) is 10.1. The molecule has 0 radical (unpaired) electrons. The van der Waals surface area contributed by atoms with Crippen molar-refractivity contribution < 1.29 is 9.90 Å². The molecule has 19 heavy (non-hydrogen) atoms. The molecule has 0 aliphatic carbocycles. The van der Waals surface area contributed by atoms with Gasteiger partial charge in [-0.15, -0.1) is 0 Å². The van der Waals surface area contributed by atoms with Gasteiger partial charge in [0.1, 0.15) is 5.75 Å². The summed E-state index contributed by atoms with van der Waals surface area (Å²) in [6.45, 7) is 3.65. The average Bonchev–Trinajstić information content (AvgIpc) is 2.32. The third-order valence-electron chi connectivity index (χ3n) is 2.76. The van der Waals surface area contributed by atoms with Gasteiger partial charge in [0.2, 0.25) is 0 Å². The lowest BCUT2D eigenvalue weighted by molar-refractivity contribution is 0.102. The van der Waals surface area contributed by atoms with Crippen LogP contribution in [-0.2, 0) is 0 Å². The Morgan fingerprint density at radius 2 is 1.89 bits per heavy atom. The predicted molar refractivity (Wildman–Crippen MR) is 77.0 cm³/mol. The Hall–Kier alpha value is -2.00. The number of carbonyl (C=O) groups excluding carboxylic acids is 1. The van der Waals surface area contributed by atoms with Crippen LogP contribution in [0.2, 0.25) is 5.02 Å². The van der Waals surface area contributed by atoms with Gasteiger partial charge in [-0.3, -0.25) is 4.79 Å². The van der Waals surface area contributed by atoms with Crippen LogP contribution < -0.4 is 5.32 Å². The van der Waals surface area contributed by atoms with Crippen molar-refractivity contribution in [1.82, 2.24) is 0 Å². The lowest BCUT2D eigenvalue weighted by atomic mass is 10.1. The van der Waals surface area contributed by atoms with Crippen LogP contribution in [0.1, 0.15) is 21.5 Å². The van der Waals surface area contributed by atoms with Crippen LogP contribution in [0, 0.1) is 13.8 Å². The number of nitrogens with one attached hydrogen (secondary N) is 1. The minimum atomic E-state index is -0.226. The lowest BCUT2D eigenvalue weighted by Crippen LogP contribution is -2.12. The third-order valence-corrected chi connectivity index (χ3v) is 2.98. The van der Waals surface area contributed by atoms with E-state index >= 15 is 0 Å². The maximum Gasteiger partial charge on any atom is 0.255 e. The Kier molecular flexibility index (Phi) is 3.76. The van der Waals surface area contributed by atoms with E-state index in [0.717, 1.165) is 5.56 Å². The molecular formula is C15H14ClNO2. The molecule has 0 saturated carbocycles. The Morgan fingerprint density at radius 1 is 1.16 bits per heavy atom. The number of aromatic hydroxyl groups is 1. The molecule has 0 aliphatic rings. The van der Waals surface area contributed by atoms with Gasteiger partial charge in [-0.1, -0.05) is 11.6 Å². The van der Waals surface area contributed by atoms with Crippen molar-refractivity contribution >= 4 is 23.2 Å². The van der Waals surface area contributed by atoms with E-state index in [1.807, 2.05) is 6.92 Å². The molecule has 2 rings (SSSR count). The fourth-order valence-corrected chi connectivity index (χ4v) is 2.09.